The summed E-state index contributed by atoms with van der Waals surface area (Å²) in [6.07, 6.45) is 10.5. The standard InChI is InChI=1S/C12H23NO2/c13-12(9-5-6-10-12)8-4-2-1-3-7-11(14)15/h1-10,13H2,(H,14,15). The largest absolute Gasteiger partial charge is 0.481 e. The van der Waals surface area contributed by atoms with E-state index in [-0.39, 0.29) is 5.54 Å². The predicted molar refractivity (Wildman–Crippen MR) is 60.7 cm³/mol. The molecule has 0 aromatic rings. The zero-order valence-electron chi connectivity index (χ0n) is 9.50. The van der Waals surface area contributed by atoms with Gasteiger partial charge in [-0.25, -0.2) is 0 Å². The van der Waals surface area contributed by atoms with E-state index in [0.717, 1.165) is 32.1 Å². The van der Waals surface area contributed by atoms with Crippen LogP contribution in [0.5, 0.6) is 0 Å². The van der Waals surface area contributed by atoms with Gasteiger partial charge in [0, 0.05) is 12.0 Å². The number of carboxylic acid groups (broad SMARTS) is 1. The van der Waals surface area contributed by atoms with E-state index in [4.69, 9.17) is 10.8 Å². The first kappa shape index (κ1) is 12.5. The molecule has 1 aliphatic rings. The maximum atomic E-state index is 10.3. The lowest BCUT2D eigenvalue weighted by atomic mass is 9.91. The Kier molecular flexibility index (Phi) is 5.09. The van der Waals surface area contributed by atoms with Gasteiger partial charge < -0.3 is 10.8 Å². The Hall–Kier alpha value is -0.570. The summed E-state index contributed by atoms with van der Waals surface area (Å²) in [6, 6.07) is 0. The van der Waals surface area contributed by atoms with Crippen LogP contribution in [0.2, 0.25) is 0 Å². The monoisotopic (exact) mass is 213 g/mol. The molecule has 1 saturated carbocycles. The molecule has 15 heavy (non-hydrogen) atoms. The lowest BCUT2D eigenvalue weighted by Gasteiger charge is -2.23. The van der Waals surface area contributed by atoms with Crippen LogP contribution < -0.4 is 5.73 Å². The maximum absolute atomic E-state index is 10.3. The van der Waals surface area contributed by atoms with Crippen molar-refractivity contribution in [2.45, 2.75) is 69.7 Å². The van der Waals surface area contributed by atoms with E-state index in [1.165, 1.54) is 25.7 Å². The lowest BCUT2D eigenvalue weighted by Crippen LogP contribution is -2.35. The fourth-order valence-corrected chi connectivity index (χ4v) is 2.44. The summed E-state index contributed by atoms with van der Waals surface area (Å²) in [4.78, 5) is 10.3. The number of rotatable bonds is 7. The third-order valence-electron chi connectivity index (χ3n) is 3.41. The Morgan fingerprint density at radius 2 is 1.73 bits per heavy atom. The molecule has 88 valence electrons. The smallest absolute Gasteiger partial charge is 0.303 e. The van der Waals surface area contributed by atoms with Crippen LogP contribution in [0.1, 0.15) is 64.2 Å². The van der Waals surface area contributed by atoms with Crippen molar-refractivity contribution in [1.82, 2.24) is 0 Å². The minimum Gasteiger partial charge on any atom is -0.481 e. The molecule has 1 aliphatic carbocycles. The van der Waals surface area contributed by atoms with Crippen LogP contribution in [-0.4, -0.2) is 16.6 Å². The van der Waals surface area contributed by atoms with E-state index in [2.05, 4.69) is 0 Å². The first-order valence-electron chi connectivity index (χ1n) is 6.13. The summed E-state index contributed by atoms with van der Waals surface area (Å²) in [5, 5.41) is 8.46. The second kappa shape index (κ2) is 6.11. The minimum absolute atomic E-state index is 0.118. The molecular formula is C12H23NO2. The van der Waals surface area contributed by atoms with Gasteiger partial charge in [-0.15, -0.1) is 0 Å². The van der Waals surface area contributed by atoms with E-state index >= 15 is 0 Å². The molecule has 0 aromatic carbocycles. The van der Waals surface area contributed by atoms with Crippen LogP contribution in [0.15, 0.2) is 0 Å². The summed E-state index contributed by atoms with van der Waals surface area (Å²) in [5.41, 5.74) is 6.35. The molecule has 0 aliphatic heterocycles. The highest BCUT2D eigenvalue weighted by Gasteiger charge is 2.28. The Morgan fingerprint density at radius 3 is 2.33 bits per heavy atom. The van der Waals surface area contributed by atoms with Crippen molar-refractivity contribution in [1.29, 1.82) is 0 Å². The Balaban J connectivity index is 1.94. The van der Waals surface area contributed by atoms with E-state index in [1.54, 1.807) is 0 Å². The van der Waals surface area contributed by atoms with Gasteiger partial charge in [0.05, 0.1) is 0 Å². The van der Waals surface area contributed by atoms with Gasteiger partial charge in [0.2, 0.25) is 0 Å². The number of hydrogen-bond donors (Lipinski definition) is 2. The summed E-state index contributed by atoms with van der Waals surface area (Å²) in [5.74, 6) is -0.680. The van der Waals surface area contributed by atoms with E-state index in [0.29, 0.717) is 6.42 Å². The van der Waals surface area contributed by atoms with Crippen molar-refractivity contribution in [2.75, 3.05) is 0 Å². The molecule has 0 amide bonds. The van der Waals surface area contributed by atoms with Gasteiger partial charge >= 0.3 is 5.97 Å². The van der Waals surface area contributed by atoms with Gasteiger partial charge in [0.25, 0.3) is 0 Å². The minimum atomic E-state index is -0.680. The van der Waals surface area contributed by atoms with Crippen molar-refractivity contribution in [3.63, 3.8) is 0 Å². The third kappa shape index (κ3) is 5.17. The normalized spacial score (nSPS) is 19.3. The van der Waals surface area contributed by atoms with Crippen LogP contribution in [0.25, 0.3) is 0 Å². The highest BCUT2D eigenvalue weighted by Crippen LogP contribution is 2.31. The van der Waals surface area contributed by atoms with Crippen LogP contribution in [0.3, 0.4) is 0 Å². The highest BCUT2D eigenvalue weighted by atomic mass is 16.4. The number of aliphatic carboxylic acids is 1. The summed E-state index contributed by atoms with van der Waals surface area (Å²) in [6.45, 7) is 0. The van der Waals surface area contributed by atoms with Crippen molar-refractivity contribution < 1.29 is 9.90 Å². The molecule has 0 saturated heterocycles. The Morgan fingerprint density at radius 1 is 1.13 bits per heavy atom. The molecule has 0 atom stereocenters. The van der Waals surface area contributed by atoms with Gasteiger partial charge in [-0.3, -0.25) is 4.79 Å². The van der Waals surface area contributed by atoms with Crippen molar-refractivity contribution in [3.8, 4) is 0 Å². The lowest BCUT2D eigenvalue weighted by molar-refractivity contribution is -0.137. The summed E-state index contributed by atoms with van der Waals surface area (Å²) < 4.78 is 0. The van der Waals surface area contributed by atoms with E-state index in [9.17, 15) is 4.79 Å². The predicted octanol–water partition coefficient (Wildman–Crippen LogP) is 2.68. The first-order chi connectivity index (χ1) is 7.12. The first-order valence-corrected chi connectivity index (χ1v) is 6.13. The maximum Gasteiger partial charge on any atom is 0.303 e. The average molecular weight is 213 g/mol. The fraction of sp³-hybridized carbons (Fsp3) is 0.917. The van der Waals surface area contributed by atoms with Crippen molar-refractivity contribution in [3.05, 3.63) is 0 Å². The zero-order valence-corrected chi connectivity index (χ0v) is 9.50. The Labute approximate surface area is 92.0 Å². The molecule has 0 aromatic heterocycles. The average Bonchev–Trinajstić information content (AvgIpc) is 2.58. The molecule has 1 fully saturated rings. The molecule has 0 spiro atoms. The van der Waals surface area contributed by atoms with Gasteiger partial charge in [0.1, 0.15) is 0 Å². The molecule has 0 unspecified atom stereocenters. The zero-order chi connectivity index (χ0) is 11.1. The fourth-order valence-electron chi connectivity index (χ4n) is 2.44. The van der Waals surface area contributed by atoms with Gasteiger partial charge in [-0.2, -0.15) is 0 Å². The molecule has 3 N–H and O–H groups in total. The molecule has 3 nitrogen and oxygen atoms in total. The topological polar surface area (TPSA) is 63.3 Å². The van der Waals surface area contributed by atoms with E-state index < -0.39 is 5.97 Å². The summed E-state index contributed by atoms with van der Waals surface area (Å²) >= 11 is 0. The molecular weight excluding hydrogens is 190 g/mol. The van der Waals surface area contributed by atoms with Crippen molar-refractivity contribution in [2.24, 2.45) is 5.73 Å². The number of hydrogen-bond acceptors (Lipinski definition) is 2. The molecule has 1 rings (SSSR count). The number of carboxylic acids is 1. The highest BCUT2D eigenvalue weighted by molar-refractivity contribution is 5.66. The number of nitrogens with two attached hydrogens (primary N) is 1. The van der Waals surface area contributed by atoms with Gasteiger partial charge in [-0.05, 0) is 25.7 Å². The van der Waals surface area contributed by atoms with Gasteiger partial charge in [0.15, 0.2) is 0 Å². The Bertz CT molecular complexity index is 198. The SMILES string of the molecule is NC1(CCCCCCC(=O)O)CCCC1. The van der Waals surface area contributed by atoms with Crippen LogP contribution >= 0.6 is 0 Å². The quantitative estimate of drug-likeness (QED) is 0.639. The van der Waals surface area contributed by atoms with Crippen LogP contribution in [0.4, 0.5) is 0 Å². The second-order valence-electron chi connectivity index (χ2n) is 4.88. The van der Waals surface area contributed by atoms with Crippen molar-refractivity contribution >= 4 is 5.97 Å². The molecule has 0 bridgehead atoms. The summed E-state index contributed by atoms with van der Waals surface area (Å²) in [7, 11) is 0. The number of unbranched alkanes of at least 4 members (excludes halogenated alkanes) is 3. The van der Waals surface area contributed by atoms with E-state index in [1.807, 2.05) is 0 Å². The number of carbonyl (C=O) groups is 1. The molecule has 0 heterocycles. The second-order valence-corrected chi connectivity index (χ2v) is 4.88. The molecule has 3 heteroatoms. The van der Waals surface area contributed by atoms with Crippen LogP contribution in [0, 0.1) is 0 Å². The van der Waals surface area contributed by atoms with Gasteiger partial charge in [-0.1, -0.05) is 32.1 Å². The third-order valence-corrected chi connectivity index (χ3v) is 3.41. The molecule has 0 radical (unpaired) electrons. The van der Waals surface area contributed by atoms with Crippen LogP contribution in [-0.2, 0) is 4.79 Å².